The van der Waals surface area contributed by atoms with Crippen molar-refractivity contribution < 1.29 is 22.0 Å². The van der Waals surface area contributed by atoms with Crippen molar-refractivity contribution in [2.45, 2.75) is 27.7 Å². The fourth-order valence-corrected chi connectivity index (χ4v) is 18.0. The highest BCUT2D eigenvalue weighted by molar-refractivity contribution is 9.10. The number of pyridine rings is 10. The highest BCUT2D eigenvalue weighted by Crippen LogP contribution is 2.42. The van der Waals surface area contributed by atoms with Crippen molar-refractivity contribution in [1.29, 1.82) is 0 Å². The Morgan fingerprint density at radius 1 is 0.222 bits per heavy atom. The predicted molar refractivity (Wildman–Crippen MR) is 535 cm³/mol. The van der Waals surface area contributed by atoms with Crippen LogP contribution in [0, 0.1) is 56.8 Å². The molecule has 15 nitrogen and oxygen atoms in total. The lowest BCUT2D eigenvalue weighted by Crippen LogP contribution is -2.03. The molecule has 0 unspecified atom stereocenters. The monoisotopic (exact) mass is 1830 g/mol. The zero-order valence-electron chi connectivity index (χ0n) is 73.0. The molecule has 0 spiro atoms. The lowest BCUT2D eigenvalue weighted by molar-refractivity contribution is 0.620. The van der Waals surface area contributed by atoms with Gasteiger partial charge in [-0.15, -0.1) is 0 Å². The van der Waals surface area contributed by atoms with Crippen molar-refractivity contribution in [2.24, 2.45) is 0 Å². The molecule has 0 amide bonds. The first-order chi connectivity index (χ1) is 66.1. The van der Waals surface area contributed by atoms with Crippen molar-refractivity contribution in [2.75, 3.05) is 0 Å². The van der Waals surface area contributed by atoms with Crippen LogP contribution >= 0.6 is 15.9 Å². The van der Waals surface area contributed by atoms with Crippen molar-refractivity contribution in [3.05, 3.63) is 452 Å². The number of aryl methyl sites for hydroxylation is 4. The van der Waals surface area contributed by atoms with Crippen LogP contribution in [0.15, 0.2) is 401 Å². The Hall–Kier alpha value is -17.2. The summed E-state index contributed by atoms with van der Waals surface area (Å²) in [6.07, 6.45) is 27.0. The van der Waals surface area contributed by atoms with Crippen molar-refractivity contribution >= 4 is 125 Å². The molecule has 0 N–H and O–H groups in total. The zero-order chi connectivity index (χ0) is 91.9. The molecular formula is C114H77BrF5N15. The summed E-state index contributed by atoms with van der Waals surface area (Å²) in [5.74, 6) is -1.66. The third-order valence-corrected chi connectivity index (χ3v) is 24.7. The van der Waals surface area contributed by atoms with Crippen LogP contribution in [0.4, 0.5) is 22.0 Å². The second-order valence-electron chi connectivity index (χ2n) is 32.8. The molecule has 650 valence electrons. The van der Waals surface area contributed by atoms with Crippen molar-refractivity contribution in [1.82, 2.24) is 72.7 Å². The van der Waals surface area contributed by atoms with Gasteiger partial charge in [0.2, 0.25) is 0 Å². The van der Waals surface area contributed by atoms with Crippen LogP contribution in [0.2, 0.25) is 0 Å². The summed E-state index contributed by atoms with van der Waals surface area (Å²) in [6.45, 7) is 8.02. The van der Waals surface area contributed by atoms with Gasteiger partial charge in [-0.25, -0.2) is 46.9 Å². The highest BCUT2D eigenvalue weighted by Gasteiger charge is 2.27. The second-order valence-corrected chi connectivity index (χ2v) is 33.6. The summed E-state index contributed by atoms with van der Waals surface area (Å²) in [5.41, 5.74) is 20.9. The summed E-state index contributed by atoms with van der Waals surface area (Å²) in [7, 11) is 0. The van der Waals surface area contributed by atoms with Crippen LogP contribution in [0.3, 0.4) is 0 Å². The molecule has 0 atom stereocenters. The minimum absolute atomic E-state index is 0.325. The smallest absolute Gasteiger partial charge is 0.174 e. The maximum atomic E-state index is 15.8. The van der Waals surface area contributed by atoms with Crippen LogP contribution in [0.1, 0.15) is 22.3 Å². The van der Waals surface area contributed by atoms with E-state index in [1.807, 2.05) is 385 Å². The molecule has 15 heterocycles. The van der Waals surface area contributed by atoms with E-state index in [4.69, 9.17) is 0 Å². The Morgan fingerprint density at radius 3 is 0.741 bits per heavy atom. The number of benzene rings is 10. The minimum atomic E-state index is -0.352. The Kier molecular flexibility index (Phi) is 22.8. The van der Waals surface area contributed by atoms with E-state index in [0.29, 0.717) is 56.9 Å². The van der Waals surface area contributed by atoms with Gasteiger partial charge in [-0.3, -0.25) is 24.9 Å². The Morgan fingerprint density at radius 2 is 0.467 bits per heavy atom. The summed E-state index contributed by atoms with van der Waals surface area (Å²) < 4.78 is 89.2. The van der Waals surface area contributed by atoms with E-state index in [9.17, 15) is 0 Å². The van der Waals surface area contributed by atoms with Gasteiger partial charge in [0.25, 0.3) is 0 Å². The van der Waals surface area contributed by atoms with Crippen LogP contribution in [0.5, 0.6) is 0 Å². The van der Waals surface area contributed by atoms with E-state index in [1.54, 1.807) is 62.0 Å². The van der Waals surface area contributed by atoms with Crippen molar-refractivity contribution in [3.63, 3.8) is 0 Å². The maximum absolute atomic E-state index is 15.8. The number of aromatic nitrogens is 15. The highest BCUT2D eigenvalue weighted by atomic mass is 79.9. The minimum Gasteiger partial charge on any atom is -0.313 e. The first-order valence-corrected chi connectivity index (χ1v) is 44.4. The third kappa shape index (κ3) is 16.2. The predicted octanol–water partition coefficient (Wildman–Crippen LogP) is 28.9. The normalized spacial score (nSPS) is 11.3. The molecule has 0 saturated carbocycles. The molecular weight excluding hydrogens is 1750 g/mol. The SMILES string of the molecule is Cc1ccc(-c2nc3ccccc3c(-n3ccc4cnccc43)c2F)cc1.Cc1ccc(-c2nc3ccccc3c(-n3ccc4cnccc43)c2F)cc1.Cc1cccc(-c2nc3ccccc3c(-n3ccc4cnccc43)c2F)c1.Cc1cccc(-c2nc3ccccc3c(-n3ccc4cnccc43)c2F)c1.Fc1c(-c2ccccc2Br)nc2ccccc2c1-n1ccc2cnccc21. The number of hydrogen-bond donors (Lipinski definition) is 0. The maximum Gasteiger partial charge on any atom is 0.174 e. The quantitative estimate of drug-likeness (QED) is 0.121. The fourth-order valence-electron chi connectivity index (χ4n) is 17.5. The largest absolute Gasteiger partial charge is 0.313 e. The molecule has 25 aromatic rings. The molecule has 25 rings (SSSR count). The fraction of sp³-hybridized carbons (Fsp3) is 0.0351. The van der Waals surface area contributed by atoms with Crippen molar-refractivity contribution in [3.8, 4) is 84.7 Å². The molecule has 0 radical (unpaired) electrons. The molecule has 0 saturated heterocycles. The molecule has 0 fully saturated rings. The Labute approximate surface area is 779 Å². The Balaban J connectivity index is 0.000000101. The average molecular weight is 1830 g/mol. The van der Waals surface area contributed by atoms with Crippen LogP contribution in [0.25, 0.3) is 194 Å². The van der Waals surface area contributed by atoms with Gasteiger partial charge < -0.3 is 22.8 Å². The first kappa shape index (κ1) is 84.7. The molecule has 0 aliphatic carbocycles. The van der Waals surface area contributed by atoms with E-state index < -0.39 is 0 Å². The lowest BCUT2D eigenvalue weighted by Gasteiger charge is -2.15. The molecule has 15 aromatic heterocycles. The van der Waals surface area contributed by atoms with Gasteiger partial charge in [-0.2, -0.15) is 0 Å². The van der Waals surface area contributed by atoms with Gasteiger partial charge in [0.15, 0.2) is 29.1 Å². The average Bonchev–Trinajstić information content (AvgIpc) is 1.72. The molecule has 0 bridgehead atoms. The van der Waals surface area contributed by atoms with Gasteiger partial charge >= 0.3 is 0 Å². The molecule has 0 aliphatic rings. The number of halogens is 6. The number of rotatable bonds is 10. The number of nitrogens with zero attached hydrogens (tertiary/aromatic N) is 15. The standard InChI is InChI=1S/4C23H16FN3.C22H13BrFN3/c2*1-15-5-4-6-16(13-15)22-21(24)23(18-7-2-3-8-19(18)26-22)27-12-10-17-14-25-11-9-20(17)27;2*1-15-6-8-16(9-7-15)22-21(24)23(18-4-2-3-5-19(18)26-22)27-13-11-17-14-25-12-10-20(17)27;23-17-7-3-1-5-15(17)21-20(24)22(16-6-2-4-8-18(16)26-21)27-12-10-14-13-25-11-9-19(14)27/h4*2-14H,1H3;1-13H. The van der Waals surface area contributed by atoms with Gasteiger partial charge in [-0.1, -0.05) is 232 Å². The van der Waals surface area contributed by atoms with Crippen LogP contribution in [-0.4, -0.2) is 72.7 Å². The van der Waals surface area contributed by atoms with E-state index >= 15 is 22.0 Å². The van der Waals surface area contributed by atoms with Gasteiger partial charge in [-0.05, 0) is 137 Å². The summed E-state index contributed by atoms with van der Waals surface area (Å²) in [6, 6.07) is 96.2. The topological polar surface area (TPSA) is 154 Å². The van der Waals surface area contributed by atoms with Gasteiger partial charge in [0, 0.05) is 179 Å². The zero-order valence-corrected chi connectivity index (χ0v) is 74.6. The van der Waals surface area contributed by atoms with Gasteiger partial charge in [0.1, 0.15) is 28.5 Å². The molecule has 10 aromatic carbocycles. The van der Waals surface area contributed by atoms with E-state index in [0.717, 1.165) is 164 Å². The molecule has 0 aliphatic heterocycles. The summed E-state index contributed by atoms with van der Waals surface area (Å²) in [5, 5.41) is 8.70. The van der Waals surface area contributed by atoms with Crippen LogP contribution in [-0.2, 0) is 0 Å². The lowest BCUT2D eigenvalue weighted by atomic mass is 10.0. The van der Waals surface area contributed by atoms with E-state index in [1.165, 1.54) is 0 Å². The summed E-state index contributed by atoms with van der Waals surface area (Å²) >= 11 is 3.52. The third-order valence-electron chi connectivity index (χ3n) is 24.1. The number of fused-ring (bicyclic) bond motifs is 10. The van der Waals surface area contributed by atoms with E-state index in [-0.39, 0.29) is 29.1 Å². The molecule has 135 heavy (non-hydrogen) atoms. The van der Waals surface area contributed by atoms with Gasteiger partial charge in [0.05, 0.1) is 83.6 Å². The van der Waals surface area contributed by atoms with Crippen LogP contribution < -0.4 is 0 Å². The Bertz CT molecular complexity index is 8460. The first-order valence-electron chi connectivity index (χ1n) is 43.6. The summed E-state index contributed by atoms with van der Waals surface area (Å²) in [4.78, 5) is 43.9. The number of para-hydroxylation sites is 5. The van der Waals surface area contributed by atoms with E-state index in [2.05, 4.69) is 65.8 Å². The molecule has 21 heteroatoms. The second kappa shape index (κ2) is 36.3. The number of hydrogen-bond acceptors (Lipinski definition) is 10.